The molecular formula is C19H24N2O. The molecule has 22 heavy (non-hydrogen) atoms. The van der Waals surface area contributed by atoms with Gasteiger partial charge in [-0.3, -0.25) is 4.90 Å². The van der Waals surface area contributed by atoms with Crippen molar-refractivity contribution in [2.24, 2.45) is 0 Å². The average Bonchev–Trinajstić information content (AvgIpc) is 2.61. The van der Waals surface area contributed by atoms with Crippen molar-refractivity contribution < 1.29 is 4.74 Å². The monoisotopic (exact) mass is 296 g/mol. The Kier molecular flexibility index (Phi) is 5.22. The minimum absolute atomic E-state index is 0.415. The Morgan fingerprint density at radius 2 is 1.59 bits per heavy atom. The number of likely N-dealkylation sites (N-methyl/N-ethyl adjacent to an activating group) is 1. The van der Waals surface area contributed by atoms with Crippen molar-refractivity contribution in [3.05, 3.63) is 60.2 Å². The summed E-state index contributed by atoms with van der Waals surface area (Å²) in [7, 11) is 2.02. The molecule has 2 aromatic rings. The van der Waals surface area contributed by atoms with Gasteiger partial charge in [0.2, 0.25) is 0 Å². The lowest BCUT2D eigenvalue weighted by Crippen LogP contribution is -2.42. The lowest BCUT2D eigenvalue weighted by Gasteiger charge is -2.34. The highest BCUT2D eigenvalue weighted by atomic mass is 16.5. The highest BCUT2D eigenvalue weighted by Crippen LogP contribution is 2.25. The Bertz CT molecular complexity index is 562. The minimum atomic E-state index is 0.415. The fourth-order valence-corrected chi connectivity index (χ4v) is 3.07. The van der Waals surface area contributed by atoms with Gasteiger partial charge in [0, 0.05) is 25.7 Å². The van der Waals surface area contributed by atoms with E-state index >= 15 is 0 Å². The van der Waals surface area contributed by atoms with Gasteiger partial charge >= 0.3 is 0 Å². The number of nitrogens with one attached hydrogen (secondary N) is 1. The van der Waals surface area contributed by atoms with Gasteiger partial charge in [0.1, 0.15) is 0 Å². The number of nitrogens with zero attached hydrogens (tertiary/aromatic N) is 1. The minimum Gasteiger partial charge on any atom is -0.379 e. The van der Waals surface area contributed by atoms with Crippen LogP contribution in [0.2, 0.25) is 0 Å². The number of benzene rings is 2. The lowest BCUT2D eigenvalue weighted by atomic mass is 9.99. The molecule has 1 unspecified atom stereocenters. The third-order valence-electron chi connectivity index (χ3n) is 4.29. The van der Waals surface area contributed by atoms with E-state index in [2.05, 4.69) is 64.8 Å². The van der Waals surface area contributed by atoms with Crippen LogP contribution in [0, 0.1) is 0 Å². The standard InChI is InChI=1S/C19H24N2O/c1-20-15-19(21-11-13-22-14-12-21)18-9-7-17(8-10-18)16-5-3-2-4-6-16/h2-10,19-20H,11-15H2,1H3. The fraction of sp³-hybridized carbons (Fsp3) is 0.368. The summed E-state index contributed by atoms with van der Waals surface area (Å²) in [5.74, 6) is 0. The first-order valence-electron chi connectivity index (χ1n) is 8.00. The predicted molar refractivity (Wildman–Crippen MR) is 90.9 cm³/mol. The summed E-state index contributed by atoms with van der Waals surface area (Å²) in [5, 5.41) is 3.33. The number of rotatable bonds is 5. The summed E-state index contributed by atoms with van der Waals surface area (Å²) in [6.45, 7) is 4.65. The Balaban J connectivity index is 1.79. The van der Waals surface area contributed by atoms with Crippen molar-refractivity contribution in [3.8, 4) is 11.1 Å². The molecule has 0 radical (unpaired) electrons. The van der Waals surface area contributed by atoms with Gasteiger partial charge in [0.15, 0.2) is 0 Å². The lowest BCUT2D eigenvalue weighted by molar-refractivity contribution is 0.0165. The zero-order chi connectivity index (χ0) is 15.2. The normalized spacial score (nSPS) is 17.3. The van der Waals surface area contributed by atoms with Crippen molar-refractivity contribution in [1.29, 1.82) is 0 Å². The third kappa shape index (κ3) is 3.55. The Morgan fingerprint density at radius 1 is 0.955 bits per heavy atom. The van der Waals surface area contributed by atoms with Crippen LogP contribution in [0.15, 0.2) is 54.6 Å². The van der Waals surface area contributed by atoms with Gasteiger partial charge in [-0.25, -0.2) is 0 Å². The molecule has 1 aliphatic heterocycles. The quantitative estimate of drug-likeness (QED) is 0.918. The summed E-state index contributed by atoms with van der Waals surface area (Å²) >= 11 is 0. The molecule has 116 valence electrons. The number of ether oxygens (including phenoxy) is 1. The molecule has 2 aromatic carbocycles. The van der Waals surface area contributed by atoms with E-state index in [1.165, 1.54) is 16.7 Å². The predicted octanol–water partition coefficient (Wildman–Crippen LogP) is 2.95. The highest BCUT2D eigenvalue weighted by Gasteiger charge is 2.21. The maximum Gasteiger partial charge on any atom is 0.0594 e. The van der Waals surface area contributed by atoms with Crippen LogP contribution < -0.4 is 5.32 Å². The molecule has 1 saturated heterocycles. The summed E-state index contributed by atoms with van der Waals surface area (Å²) in [6.07, 6.45) is 0. The first-order valence-corrected chi connectivity index (χ1v) is 8.00. The van der Waals surface area contributed by atoms with E-state index in [0.29, 0.717) is 6.04 Å². The molecule has 3 rings (SSSR count). The van der Waals surface area contributed by atoms with Gasteiger partial charge in [0.05, 0.1) is 13.2 Å². The van der Waals surface area contributed by atoms with E-state index in [4.69, 9.17) is 4.74 Å². The fourth-order valence-electron chi connectivity index (χ4n) is 3.07. The van der Waals surface area contributed by atoms with Crippen LogP contribution in [0.1, 0.15) is 11.6 Å². The summed E-state index contributed by atoms with van der Waals surface area (Å²) in [5.41, 5.74) is 3.91. The summed E-state index contributed by atoms with van der Waals surface area (Å²) in [6, 6.07) is 19.9. The molecule has 1 N–H and O–H groups in total. The smallest absolute Gasteiger partial charge is 0.0594 e. The molecule has 0 amide bonds. The van der Waals surface area contributed by atoms with Crippen LogP contribution in [0.4, 0.5) is 0 Å². The molecular weight excluding hydrogens is 272 g/mol. The van der Waals surface area contributed by atoms with Crippen molar-refractivity contribution in [1.82, 2.24) is 10.2 Å². The van der Waals surface area contributed by atoms with E-state index in [1.54, 1.807) is 0 Å². The number of morpholine rings is 1. The molecule has 1 heterocycles. The number of hydrogen-bond acceptors (Lipinski definition) is 3. The first-order chi connectivity index (χ1) is 10.9. The van der Waals surface area contributed by atoms with E-state index in [9.17, 15) is 0 Å². The molecule has 0 aromatic heterocycles. The number of hydrogen-bond donors (Lipinski definition) is 1. The van der Waals surface area contributed by atoms with Gasteiger partial charge in [0.25, 0.3) is 0 Å². The van der Waals surface area contributed by atoms with Crippen LogP contribution in [-0.2, 0) is 4.74 Å². The maximum absolute atomic E-state index is 5.48. The second-order valence-corrected chi connectivity index (χ2v) is 5.71. The molecule has 0 saturated carbocycles. The topological polar surface area (TPSA) is 24.5 Å². The summed E-state index contributed by atoms with van der Waals surface area (Å²) in [4.78, 5) is 2.51. The molecule has 0 aliphatic carbocycles. The zero-order valence-corrected chi connectivity index (χ0v) is 13.2. The van der Waals surface area contributed by atoms with E-state index < -0.39 is 0 Å². The van der Waals surface area contributed by atoms with Crippen LogP contribution in [0.25, 0.3) is 11.1 Å². The second kappa shape index (κ2) is 7.54. The Morgan fingerprint density at radius 3 is 2.23 bits per heavy atom. The largest absolute Gasteiger partial charge is 0.379 e. The van der Waals surface area contributed by atoms with E-state index in [0.717, 1.165) is 32.8 Å². The van der Waals surface area contributed by atoms with Crippen LogP contribution in [-0.4, -0.2) is 44.8 Å². The zero-order valence-electron chi connectivity index (χ0n) is 13.2. The Hall–Kier alpha value is -1.68. The molecule has 1 atom stereocenters. The van der Waals surface area contributed by atoms with Crippen LogP contribution in [0.3, 0.4) is 0 Å². The van der Waals surface area contributed by atoms with Gasteiger partial charge in [-0.2, -0.15) is 0 Å². The van der Waals surface area contributed by atoms with Crippen molar-refractivity contribution in [3.63, 3.8) is 0 Å². The molecule has 3 heteroatoms. The van der Waals surface area contributed by atoms with Crippen molar-refractivity contribution in [2.45, 2.75) is 6.04 Å². The van der Waals surface area contributed by atoms with Crippen molar-refractivity contribution in [2.75, 3.05) is 39.9 Å². The van der Waals surface area contributed by atoms with Gasteiger partial charge in [-0.05, 0) is 23.7 Å². The van der Waals surface area contributed by atoms with Crippen molar-refractivity contribution >= 4 is 0 Å². The molecule has 0 bridgehead atoms. The maximum atomic E-state index is 5.48. The second-order valence-electron chi connectivity index (χ2n) is 5.71. The van der Waals surface area contributed by atoms with Crippen LogP contribution in [0.5, 0.6) is 0 Å². The van der Waals surface area contributed by atoms with Gasteiger partial charge in [-0.1, -0.05) is 54.6 Å². The molecule has 3 nitrogen and oxygen atoms in total. The molecule has 1 fully saturated rings. The van der Waals surface area contributed by atoms with E-state index in [1.807, 2.05) is 7.05 Å². The van der Waals surface area contributed by atoms with Gasteiger partial charge in [-0.15, -0.1) is 0 Å². The SMILES string of the molecule is CNCC(c1ccc(-c2ccccc2)cc1)N1CCOCC1. The molecule has 0 spiro atoms. The highest BCUT2D eigenvalue weighted by molar-refractivity contribution is 5.63. The first kappa shape index (κ1) is 15.2. The van der Waals surface area contributed by atoms with Crippen LogP contribution >= 0.6 is 0 Å². The van der Waals surface area contributed by atoms with Gasteiger partial charge < -0.3 is 10.1 Å². The average molecular weight is 296 g/mol. The van der Waals surface area contributed by atoms with E-state index in [-0.39, 0.29) is 0 Å². The third-order valence-corrected chi connectivity index (χ3v) is 4.29. The Labute approximate surface area is 132 Å². The summed E-state index contributed by atoms with van der Waals surface area (Å²) < 4.78 is 5.48. The molecule has 1 aliphatic rings.